The van der Waals surface area contributed by atoms with Gasteiger partial charge in [-0.1, -0.05) is 33.4 Å². The van der Waals surface area contributed by atoms with Crippen LogP contribution in [0, 0.1) is 0 Å². The summed E-state index contributed by atoms with van der Waals surface area (Å²) in [7, 11) is 0. The standard InChI is InChI=1S/C20H21F3N2O2.C2H6.CH4/c1-19(2,3)25-17-15(5-4-8-24-17)16(18(25)27)10-13-9-14(20(21,22)23)7-6-12(13)11-26;1-2;/h4-9,16,26H,10-11H2,1-3H3;1-2H3;1H4. The van der Waals surface area contributed by atoms with E-state index in [1.807, 2.05) is 34.6 Å². The molecule has 1 aliphatic rings. The zero-order valence-corrected chi connectivity index (χ0v) is 17.3. The fourth-order valence-electron chi connectivity index (χ4n) is 3.47. The van der Waals surface area contributed by atoms with Gasteiger partial charge in [-0.3, -0.25) is 9.69 Å². The van der Waals surface area contributed by atoms with Crippen molar-refractivity contribution in [3.8, 4) is 0 Å². The van der Waals surface area contributed by atoms with Crippen LogP contribution in [0.5, 0.6) is 0 Å². The maximum Gasteiger partial charge on any atom is 0.416 e. The van der Waals surface area contributed by atoms with Gasteiger partial charge in [-0.05, 0) is 56.5 Å². The second kappa shape index (κ2) is 9.60. The van der Waals surface area contributed by atoms with Gasteiger partial charge in [0.05, 0.1) is 18.1 Å². The Bertz CT molecular complexity index is 873. The highest BCUT2D eigenvalue weighted by Gasteiger charge is 2.43. The lowest BCUT2D eigenvalue weighted by molar-refractivity contribution is -0.137. The van der Waals surface area contributed by atoms with Crippen LogP contribution in [0.2, 0.25) is 0 Å². The fourth-order valence-corrected chi connectivity index (χ4v) is 3.47. The minimum atomic E-state index is -4.49. The SMILES string of the molecule is C.CC.CC(C)(C)N1C(=O)C(Cc2cc(C(F)(F)F)ccc2CO)c2cccnc21. The van der Waals surface area contributed by atoms with E-state index in [2.05, 4.69) is 4.98 Å². The number of aromatic nitrogens is 1. The molecule has 0 saturated heterocycles. The summed E-state index contributed by atoms with van der Waals surface area (Å²) in [5.74, 6) is -0.295. The minimum Gasteiger partial charge on any atom is -0.392 e. The summed E-state index contributed by atoms with van der Waals surface area (Å²) in [5, 5.41) is 9.54. The molecule has 0 fully saturated rings. The molecule has 1 amide bonds. The van der Waals surface area contributed by atoms with Gasteiger partial charge < -0.3 is 5.11 Å². The Balaban J connectivity index is 0.00000146. The van der Waals surface area contributed by atoms with Gasteiger partial charge in [-0.25, -0.2) is 4.98 Å². The summed E-state index contributed by atoms with van der Waals surface area (Å²) >= 11 is 0. The predicted octanol–water partition coefficient (Wildman–Crippen LogP) is 5.73. The summed E-state index contributed by atoms with van der Waals surface area (Å²) in [6.07, 6.45) is -2.82. The van der Waals surface area contributed by atoms with Crippen molar-refractivity contribution in [1.29, 1.82) is 0 Å². The predicted molar refractivity (Wildman–Crippen MR) is 113 cm³/mol. The molecule has 2 aromatic rings. The lowest BCUT2D eigenvalue weighted by Gasteiger charge is -2.32. The Kier molecular flexibility index (Phi) is 8.20. The van der Waals surface area contributed by atoms with E-state index in [1.165, 1.54) is 6.07 Å². The number of carbonyl (C=O) groups excluding carboxylic acids is 1. The first-order valence-corrected chi connectivity index (χ1v) is 9.63. The third kappa shape index (κ3) is 5.01. The number of hydrogen-bond acceptors (Lipinski definition) is 3. The van der Waals surface area contributed by atoms with Crippen LogP contribution in [0.1, 0.15) is 70.2 Å². The van der Waals surface area contributed by atoms with Crippen molar-refractivity contribution < 1.29 is 23.1 Å². The smallest absolute Gasteiger partial charge is 0.392 e. The molecule has 7 heteroatoms. The van der Waals surface area contributed by atoms with E-state index in [9.17, 15) is 23.1 Å². The van der Waals surface area contributed by atoms with Crippen molar-refractivity contribution in [2.24, 2.45) is 0 Å². The summed E-state index contributed by atoms with van der Waals surface area (Å²) in [6, 6.07) is 6.73. The number of aliphatic hydroxyl groups excluding tert-OH is 1. The molecule has 0 aliphatic carbocycles. The van der Waals surface area contributed by atoms with Crippen LogP contribution in [-0.2, 0) is 24.0 Å². The average Bonchev–Trinajstić information content (AvgIpc) is 2.94. The van der Waals surface area contributed by atoms with Crippen LogP contribution in [0.25, 0.3) is 0 Å². The van der Waals surface area contributed by atoms with E-state index >= 15 is 0 Å². The van der Waals surface area contributed by atoms with Gasteiger partial charge in [-0.2, -0.15) is 13.2 Å². The highest BCUT2D eigenvalue weighted by Crippen LogP contribution is 2.42. The lowest BCUT2D eigenvalue weighted by Crippen LogP contribution is -2.45. The number of alkyl halides is 3. The molecule has 1 unspecified atom stereocenters. The highest BCUT2D eigenvalue weighted by molar-refractivity contribution is 6.05. The number of rotatable bonds is 3. The van der Waals surface area contributed by atoms with Gasteiger partial charge in [-0.15, -0.1) is 0 Å². The van der Waals surface area contributed by atoms with Crippen LogP contribution >= 0.6 is 0 Å². The zero-order chi connectivity index (χ0) is 22.0. The molecule has 1 aromatic carbocycles. The van der Waals surface area contributed by atoms with Gasteiger partial charge in [0.2, 0.25) is 5.91 Å². The molecule has 1 aliphatic heterocycles. The molecule has 1 N–H and O–H groups in total. The molecule has 0 saturated carbocycles. The van der Waals surface area contributed by atoms with E-state index in [0.717, 1.165) is 12.1 Å². The molecule has 4 nitrogen and oxygen atoms in total. The third-order valence-corrected chi connectivity index (χ3v) is 4.72. The van der Waals surface area contributed by atoms with Gasteiger partial charge in [0.1, 0.15) is 5.82 Å². The molecule has 1 atom stereocenters. The first-order chi connectivity index (χ1) is 13.5. The van der Waals surface area contributed by atoms with Crippen LogP contribution in [0.4, 0.5) is 19.0 Å². The second-order valence-electron chi connectivity index (χ2n) is 7.66. The van der Waals surface area contributed by atoms with Gasteiger partial charge in [0.25, 0.3) is 0 Å². The molecule has 3 rings (SSSR count). The van der Waals surface area contributed by atoms with Crippen LogP contribution in [-0.4, -0.2) is 21.5 Å². The number of amides is 1. The lowest BCUT2D eigenvalue weighted by atomic mass is 9.90. The summed E-state index contributed by atoms with van der Waals surface area (Å²) in [6.45, 7) is 9.26. The molecule has 0 spiro atoms. The Labute approximate surface area is 176 Å². The Hall–Kier alpha value is -2.41. The summed E-state index contributed by atoms with van der Waals surface area (Å²) in [4.78, 5) is 19.0. The fraction of sp³-hybridized carbons (Fsp3) is 0.478. The number of anilines is 1. The quantitative estimate of drug-likeness (QED) is 0.685. The molecule has 30 heavy (non-hydrogen) atoms. The van der Waals surface area contributed by atoms with Crippen molar-refractivity contribution in [1.82, 2.24) is 4.98 Å². The maximum atomic E-state index is 13.1. The first kappa shape index (κ1) is 25.6. The van der Waals surface area contributed by atoms with Crippen LogP contribution in [0.15, 0.2) is 36.5 Å². The van der Waals surface area contributed by atoms with Crippen molar-refractivity contribution in [2.75, 3.05) is 4.90 Å². The average molecular weight is 425 g/mol. The van der Waals surface area contributed by atoms with E-state index in [-0.39, 0.29) is 19.8 Å². The Morgan fingerprint density at radius 1 is 1.10 bits per heavy atom. The number of pyridine rings is 1. The molecule has 166 valence electrons. The van der Waals surface area contributed by atoms with Crippen LogP contribution in [0.3, 0.4) is 0 Å². The monoisotopic (exact) mass is 424 g/mol. The third-order valence-electron chi connectivity index (χ3n) is 4.72. The number of halogens is 3. The largest absolute Gasteiger partial charge is 0.416 e. The number of aliphatic hydroxyl groups is 1. The van der Waals surface area contributed by atoms with Crippen molar-refractivity contribution in [3.05, 3.63) is 58.8 Å². The normalized spacial score (nSPS) is 15.8. The number of hydrogen-bond donors (Lipinski definition) is 1. The molecular formula is C23H31F3N2O2. The molecular weight excluding hydrogens is 393 g/mol. The highest BCUT2D eigenvalue weighted by atomic mass is 19.4. The van der Waals surface area contributed by atoms with E-state index in [4.69, 9.17) is 0 Å². The summed E-state index contributed by atoms with van der Waals surface area (Å²) < 4.78 is 39.3. The summed E-state index contributed by atoms with van der Waals surface area (Å²) in [5.41, 5.74) is 0.0902. The van der Waals surface area contributed by atoms with E-state index in [0.29, 0.717) is 22.5 Å². The number of nitrogens with zero attached hydrogens (tertiary/aromatic N) is 2. The van der Waals surface area contributed by atoms with Crippen molar-refractivity contribution >= 4 is 11.7 Å². The zero-order valence-electron chi connectivity index (χ0n) is 17.3. The van der Waals surface area contributed by atoms with E-state index < -0.39 is 29.8 Å². The topological polar surface area (TPSA) is 53.4 Å². The number of benzene rings is 1. The second-order valence-corrected chi connectivity index (χ2v) is 7.66. The number of fused-ring (bicyclic) bond motifs is 1. The Morgan fingerprint density at radius 3 is 2.27 bits per heavy atom. The Morgan fingerprint density at radius 2 is 1.73 bits per heavy atom. The maximum absolute atomic E-state index is 13.1. The molecule has 0 bridgehead atoms. The number of carbonyl (C=O) groups is 1. The van der Waals surface area contributed by atoms with Crippen LogP contribution < -0.4 is 4.90 Å². The van der Waals surface area contributed by atoms with E-state index in [1.54, 1.807) is 23.2 Å². The molecule has 0 radical (unpaired) electrons. The minimum absolute atomic E-state index is 0. The molecule has 2 heterocycles. The van der Waals surface area contributed by atoms with Gasteiger partial charge in [0.15, 0.2) is 0 Å². The first-order valence-electron chi connectivity index (χ1n) is 9.63. The van der Waals surface area contributed by atoms with Gasteiger partial charge >= 0.3 is 6.18 Å². The van der Waals surface area contributed by atoms with Crippen molar-refractivity contribution in [3.63, 3.8) is 0 Å². The van der Waals surface area contributed by atoms with Gasteiger partial charge in [0, 0.05) is 17.3 Å². The van der Waals surface area contributed by atoms with Crippen molar-refractivity contribution in [2.45, 2.75) is 72.7 Å². The molecule has 1 aromatic heterocycles.